The van der Waals surface area contributed by atoms with Gasteiger partial charge in [0.25, 0.3) is 0 Å². The minimum atomic E-state index is -1.19. The molecule has 0 aliphatic carbocycles. The van der Waals surface area contributed by atoms with E-state index in [4.69, 9.17) is 5.26 Å². The van der Waals surface area contributed by atoms with E-state index in [1.54, 1.807) is 30.3 Å². The normalized spacial score (nSPS) is 9.82. The summed E-state index contributed by atoms with van der Waals surface area (Å²) in [6.07, 6.45) is 0. The van der Waals surface area contributed by atoms with E-state index in [1.807, 2.05) is 6.07 Å². The fourth-order valence-electron chi connectivity index (χ4n) is 1.79. The average Bonchev–Trinajstić information content (AvgIpc) is 2.54. The molecular weight excluding hydrogens is 302 g/mol. The maximum atomic E-state index is 11.6. The number of carboxylic acid groups (broad SMARTS) is 1. The van der Waals surface area contributed by atoms with Crippen LogP contribution >= 0.6 is 11.8 Å². The van der Waals surface area contributed by atoms with Gasteiger partial charge in [0.15, 0.2) is 0 Å². The first-order valence-electron chi connectivity index (χ1n) is 6.19. The molecule has 2 aromatic carbocycles. The third kappa shape index (κ3) is 3.45. The van der Waals surface area contributed by atoms with E-state index in [-0.39, 0.29) is 11.1 Å². The number of benzene rings is 2. The van der Waals surface area contributed by atoms with E-state index < -0.39 is 11.9 Å². The van der Waals surface area contributed by atoms with Crippen LogP contribution in [-0.2, 0) is 4.74 Å². The highest BCUT2D eigenvalue weighted by atomic mass is 32.2. The Morgan fingerprint density at radius 2 is 1.73 bits per heavy atom. The molecule has 110 valence electrons. The summed E-state index contributed by atoms with van der Waals surface area (Å²) in [4.78, 5) is 24.4. The zero-order valence-corrected chi connectivity index (χ0v) is 12.4. The van der Waals surface area contributed by atoms with Gasteiger partial charge in [-0.2, -0.15) is 5.26 Å². The third-order valence-corrected chi connectivity index (χ3v) is 3.84. The van der Waals surface area contributed by atoms with Gasteiger partial charge in [0, 0.05) is 9.79 Å². The van der Waals surface area contributed by atoms with Crippen LogP contribution in [0.4, 0.5) is 0 Å². The molecule has 0 saturated carbocycles. The highest BCUT2D eigenvalue weighted by Crippen LogP contribution is 2.29. The van der Waals surface area contributed by atoms with Gasteiger partial charge in [-0.15, -0.1) is 0 Å². The number of nitrogens with zero attached hydrogens (tertiary/aromatic N) is 1. The molecule has 0 aliphatic rings. The van der Waals surface area contributed by atoms with Crippen LogP contribution < -0.4 is 0 Å². The quantitative estimate of drug-likeness (QED) is 0.872. The van der Waals surface area contributed by atoms with Crippen molar-refractivity contribution in [3.63, 3.8) is 0 Å². The summed E-state index contributed by atoms with van der Waals surface area (Å²) in [6, 6.07) is 13.5. The number of carboxylic acids is 1. The van der Waals surface area contributed by atoms with Gasteiger partial charge in [-0.3, -0.25) is 0 Å². The standard InChI is InChI=1S/C16H11NO4S/c1-21-16(20)13-7-6-12(8-14(13)15(18)19)22-11-4-2-10(9-17)3-5-11/h2-8H,1H3,(H,18,19). The van der Waals surface area contributed by atoms with Gasteiger partial charge in [-0.05, 0) is 42.5 Å². The Kier molecular flexibility index (Phi) is 4.81. The van der Waals surface area contributed by atoms with Crippen molar-refractivity contribution in [1.29, 1.82) is 5.26 Å². The third-order valence-electron chi connectivity index (χ3n) is 2.85. The molecular formula is C16H11NO4S. The van der Waals surface area contributed by atoms with Crippen LogP contribution in [0.25, 0.3) is 0 Å². The Morgan fingerprint density at radius 3 is 2.27 bits per heavy atom. The number of carbonyl (C=O) groups is 2. The second kappa shape index (κ2) is 6.78. The number of hydrogen-bond acceptors (Lipinski definition) is 5. The average molecular weight is 313 g/mol. The van der Waals surface area contributed by atoms with Crippen molar-refractivity contribution in [2.75, 3.05) is 7.11 Å². The van der Waals surface area contributed by atoms with Crippen LogP contribution in [0.1, 0.15) is 26.3 Å². The maximum absolute atomic E-state index is 11.6. The molecule has 0 bridgehead atoms. The lowest BCUT2D eigenvalue weighted by Crippen LogP contribution is -2.10. The molecule has 0 spiro atoms. The number of methoxy groups -OCH3 is 1. The topological polar surface area (TPSA) is 87.4 Å². The fraction of sp³-hybridized carbons (Fsp3) is 0.0625. The Labute approximate surface area is 131 Å². The van der Waals surface area contributed by atoms with Crippen molar-refractivity contribution in [2.45, 2.75) is 9.79 Å². The summed E-state index contributed by atoms with van der Waals surface area (Å²) in [5.74, 6) is -1.88. The molecule has 1 N–H and O–H groups in total. The molecule has 0 aromatic heterocycles. The van der Waals surface area contributed by atoms with Crippen molar-refractivity contribution < 1.29 is 19.4 Å². The second-order valence-corrected chi connectivity index (χ2v) is 5.39. The predicted molar refractivity (Wildman–Crippen MR) is 80.0 cm³/mol. The first kappa shape index (κ1) is 15.6. The number of nitriles is 1. The monoisotopic (exact) mass is 313 g/mol. The van der Waals surface area contributed by atoms with E-state index >= 15 is 0 Å². The summed E-state index contributed by atoms with van der Waals surface area (Å²) in [5, 5.41) is 18.0. The van der Waals surface area contributed by atoms with Gasteiger partial charge in [0.1, 0.15) is 0 Å². The molecule has 5 nitrogen and oxygen atoms in total. The number of carbonyl (C=O) groups excluding carboxylic acids is 1. The van der Waals surface area contributed by atoms with Gasteiger partial charge in [0.2, 0.25) is 0 Å². The molecule has 0 amide bonds. The Bertz CT molecular complexity index is 763. The minimum absolute atomic E-state index is 0.0131. The Morgan fingerprint density at radius 1 is 1.09 bits per heavy atom. The summed E-state index contributed by atoms with van der Waals surface area (Å²) >= 11 is 1.34. The minimum Gasteiger partial charge on any atom is -0.478 e. The van der Waals surface area contributed by atoms with E-state index in [0.29, 0.717) is 10.5 Å². The number of rotatable bonds is 4. The molecule has 0 unspecified atom stereocenters. The molecule has 6 heteroatoms. The van der Waals surface area contributed by atoms with Gasteiger partial charge < -0.3 is 9.84 Å². The zero-order chi connectivity index (χ0) is 16.1. The molecule has 0 atom stereocenters. The van der Waals surface area contributed by atoms with Crippen molar-refractivity contribution >= 4 is 23.7 Å². The second-order valence-electron chi connectivity index (χ2n) is 4.24. The van der Waals surface area contributed by atoms with Crippen LogP contribution in [0.3, 0.4) is 0 Å². The van der Waals surface area contributed by atoms with Crippen molar-refractivity contribution in [3.05, 3.63) is 59.2 Å². The highest BCUT2D eigenvalue weighted by Gasteiger charge is 2.17. The van der Waals surface area contributed by atoms with Crippen LogP contribution in [0.15, 0.2) is 52.3 Å². The van der Waals surface area contributed by atoms with E-state index in [2.05, 4.69) is 4.74 Å². The number of aromatic carboxylic acids is 1. The number of ether oxygens (including phenoxy) is 1. The Balaban J connectivity index is 2.32. The summed E-state index contributed by atoms with van der Waals surface area (Å²) in [5.41, 5.74) is 0.460. The van der Waals surface area contributed by atoms with Gasteiger partial charge in [-0.1, -0.05) is 11.8 Å². The van der Waals surface area contributed by atoms with Crippen LogP contribution in [0, 0.1) is 11.3 Å². The smallest absolute Gasteiger partial charge is 0.338 e. The number of hydrogen-bond donors (Lipinski definition) is 1. The highest BCUT2D eigenvalue weighted by molar-refractivity contribution is 7.99. The van der Waals surface area contributed by atoms with Crippen LogP contribution in [0.5, 0.6) is 0 Å². The SMILES string of the molecule is COC(=O)c1ccc(Sc2ccc(C#N)cc2)cc1C(=O)O. The molecule has 0 fully saturated rings. The van der Waals surface area contributed by atoms with Gasteiger partial charge >= 0.3 is 11.9 Å². The zero-order valence-electron chi connectivity index (χ0n) is 11.6. The van der Waals surface area contributed by atoms with Crippen LogP contribution in [0.2, 0.25) is 0 Å². The predicted octanol–water partition coefficient (Wildman–Crippen LogP) is 3.19. The van der Waals surface area contributed by atoms with Crippen molar-refractivity contribution in [3.8, 4) is 6.07 Å². The number of esters is 1. The molecule has 22 heavy (non-hydrogen) atoms. The molecule has 0 heterocycles. The van der Waals surface area contributed by atoms with E-state index in [9.17, 15) is 14.7 Å². The van der Waals surface area contributed by atoms with E-state index in [0.717, 1.165) is 4.90 Å². The lowest BCUT2D eigenvalue weighted by Gasteiger charge is -2.07. The summed E-state index contributed by atoms with van der Waals surface area (Å²) in [6.45, 7) is 0. The fourth-order valence-corrected chi connectivity index (χ4v) is 2.64. The largest absolute Gasteiger partial charge is 0.478 e. The molecule has 0 aliphatic heterocycles. The molecule has 0 radical (unpaired) electrons. The van der Waals surface area contributed by atoms with Gasteiger partial charge in [0.05, 0.1) is 29.9 Å². The first-order valence-corrected chi connectivity index (χ1v) is 7.00. The first-order chi connectivity index (χ1) is 10.5. The van der Waals surface area contributed by atoms with Crippen molar-refractivity contribution in [1.82, 2.24) is 0 Å². The molecule has 2 aromatic rings. The Hall–Kier alpha value is -2.78. The van der Waals surface area contributed by atoms with E-state index in [1.165, 1.54) is 31.0 Å². The summed E-state index contributed by atoms with van der Waals surface area (Å²) < 4.78 is 4.57. The molecule has 0 saturated heterocycles. The van der Waals surface area contributed by atoms with Gasteiger partial charge in [-0.25, -0.2) is 9.59 Å². The maximum Gasteiger partial charge on any atom is 0.338 e. The summed E-state index contributed by atoms with van der Waals surface area (Å²) in [7, 11) is 1.20. The lowest BCUT2D eigenvalue weighted by molar-refractivity contribution is 0.0582. The van der Waals surface area contributed by atoms with Crippen molar-refractivity contribution in [2.24, 2.45) is 0 Å². The lowest BCUT2D eigenvalue weighted by atomic mass is 10.1. The molecule has 2 rings (SSSR count). The van der Waals surface area contributed by atoms with Crippen LogP contribution in [-0.4, -0.2) is 24.2 Å².